The minimum absolute atomic E-state index is 0.163. The van der Waals surface area contributed by atoms with Crippen molar-refractivity contribution in [1.82, 2.24) is 0 Å². The van der Waals surface area contributed by atoms with E-state index in [0.717, 1.165) is 19.3 Å². The first-order valence-corrected chi connectivity index (χ1v) is 17.6. The number of hydrogen-bond donors (Lipinski definition) is 0. The van der Waals surface area contributed by atoms with Gasteiger partial charge < -0.3 is 42.6 Å². The molecule has 3 unspecified atom stereocenters. The van der Waals surface area contributed by atoms with Gasteiger partial charge in [0.2, 0.25) is 0 Å². The number of phosphoric acid groups is 1. The smallest absolute Gasteiger partial charge is 0.381 e. The fourth-order valence-electron chi connectivity index (χ4n) is 3.52. The maximum absolute atomic E-state index is 13.3. The third-order valence-corrected chi connectivity index (χ3v) is 7.35. The van der Waals surface area contributed by atoms with E-state index in [9.17, 15) is 4.57 Å². The molecule has 0 aliphatic carbocycles. The fraction of sp³-hybridized carbons (Fsp3) is 1.00. The highest BCUT2D eigenvalue weighted by molar-refractivity contribution is 7.48. The van der Waals surface area contributed by atoms with Crippen molar-refractivity contribution in [2.75, 3.05) is 101 Å². The minimum Gasteiger partial charge on any atom is -0.381 e. The summed E-state index contributed by atoms with van der Waals surface area (Å²) in [4.78, 5) is 0. The quantitative estimate of drug-likeness (QED) is 0.0461. The van der Waals surface area contributed by atoms with Crippen LogP contribution in [0.15, 0.2) is 0 Å². The molecule has 0 aliphatic rings. The molecular formula is C30H63O13P. The summed E-state index contributed by atoms with van der Waals surface area (Å²) in [5, 5.41) is 0. The summed E-state index contributed by atoms with van der Waals surface area (Å²) >= 11 is 0. The second-order valence-electron chi connectivity index (χ2n) is 9.82. The highest BCUT2D eigenvalue weighted by Crippen LogP contribution is 2.49. The molecule has 0 aromatic heterocycles. The van der Waals surface area contributed by atoms with Crippen LogP contribution >= 0.6 is 7.82 Å². The third-order valence-electron chi connectivity index (χ3n) is 5.85. The van der Waals surface area contributed by atoms with Crippen LogP contribution in [0.3, 0.4) is 0 Å². The van der Waals surface area contributed by atoms with E-state index < -0.39 is 7.82 Å². The summed E-state index contributed by atoms with van der Waals surface area (Å²) in [5.41, 5.74) is 0. The zero-order chi connectivity index (χ0) is 32.6. The Kier molecular flexibility index (Phi) is 32.5. The van der Waals surface area contributed by atoms with Crippen molar-refractivity contribution in [2.45, 2.75) is 97.4 Å². The predicted molar refractivity (Wildman–Crippen MR) is 167 cm³/mol. The van der Waals surface area contributed by atoms with Gasteiger partial charge in [0.05, 0.1) is 39.6 Å². The molecule has 0 aromatic carbocycles. The Hall–Kier alpha value is -0.250. The van der Waals surface area contributed by atoms with Crippen LogP contribution in [0.25, 0.3) is 0 Å². The molecule has 0 aromatic rings. The van der Waals surface area contributed by atoms with E-state index in [1.807, 2.05) is 20.8 Å². The molecule has 0 amide bonds. The van der Waals surface area contributed by atoms with Crippen molar-refractivity contribution in [2.24, 2.45) is 0 Å². The second-order valence-corrected chi connectivity index (χ2v) is 11.5. The van der Waals surface area contributed by atoms with E-state index in [1.54, 1.807) is 21.3 Å². The number of rotatable bonds is 36. The van der Waals surface area contributed by atoms with Gasteiger partial charge in [0.15, 0.2) is 18.9 Å². The lowest BCUT2D eigenvalue weighted by atomic mass is 10.4. The molecule has 0 radical (unpaired) electrons. The molecule has 0 heterocycles. The Morgan fingerprint density at radius 2 is 0.727 bits per heavy atom. The van der Waals surface area contributed by atoms with Crippen LogP contribution in [-0.4, -0.2) is 119 Å². The lowest BCUT2D eigenvalue weighted by Gasteiger charge is -2.19. The highest BCUT2D eigenvalue weighted by Gasteiger charge is 2.26. The normalized spacial score (nSPS) is 15.3. The summed E-state index contributed by atoms with van der Waals surface area (Å²) in [6.45, 7) is 11.3. The maximum atomic E-state index is 13.3. The first-order valence-electron chi connectivity index (χ1n) is 16.2. The van der Waals surface area contributed by atoms with Gasteiger partial charge in [0.1, 0.15) is 0 Å². The zero-order valence-corrected chi connectivity index (χ0v) is 29.2. The lowest BCUT2D eigenvalue weighted by Crippen LogP contribution is -2.18. The lowest BCUT2D eigenvalue weighted by molar-refractivity contribution is -0.135. The zero-order valence-electron chi connectivity index (χ0n) is 28.3. The van der Waals surface area contributed by atoms with Crippen molar-refractivity contribution in [1.29, 1.82) is 0 Å². The van der Waals surface area contributed by atoms with Gasteiger partial charge in [-0.05, 0) is 38.5 Å². The van der Waals surface area contributed by atoms with Gasteiger partial charge in [0.25, 0.3) is 0 Å². The molecule has 13 nitrogen and oxygen atoms in total. The van der Waals surface area contributed by atoms with Gasteiger partial charge in [-0.2, -0.15) is 0 Å². The average molecular weight is 663 g/mol. The van der Waals surface area contributed by atoms with Crippen molar-refractivity contribution in [3.05, 3.63) is 0 Å². The molecule has 266 valence electrons. The first kappa shape index (κ1) is 43.8. The van der Waals surface area contributed by atoms with E-state index >= 15 is 0 Å². The SMILES string of the molecule is CCCOC(CCOCCCOP(=O)(OCCCOCCC(OC)OCCC)OCCCOCCC(OC)OCCC)OC. The predicted octanol–water partition coefficient (Wildman–Crippen LogP) is 5.73. The van der Waals surface area contributed by atoms with Crippen LogP contribution in [0, 0.1) is 0 Å². The van der Waals surface area contributed by atoms with Crippen LogP contribution in [0.2, 0.25) is 0 Å². The van der Waals surface area contributed by atoms with Crippen LogP contribution in [0.4, 0.5) is 0 Å². The summed E-state index contributed by atoms with van der Waals surface area (Å²) in [7, 11) is 1.07. The highest BCUT2D eigenvalue weighted by atomic mass is 31.2. The van der Waals surface area contributed by atoms with Crippen LogP contribution in [0.5, 0.6) is 0 Å². The standard InChI is InChI=1S/C30H63O13P/c1-7-16-38-28(32-4)13-25-35-19-10-22-41-44(31,42-23-11-20-36-26-14-29(33-5)39-17-8-2)43-24-12-21-37-27-15-30(34-6)40-18-9-3/h28-30H,7-27H2,1-6H3. The Labute approximate surface area is 266 Å². The van der Waals surface area contributed by atoms with Gasteiger partial charge in [0, 0.05) is 80.2 Å². The minimum atomic E-state index is -3.77. The molecule has 0 spiro atoms. The van der Waals surface area contributed by atoms with Gasteiger partial charge >= 0.3 is 7.82 Å². The number of ether oxygens (including phenoxy) is 9. The molecule has 3 atom stereocenters. The van der Waals surface area contributed by atoms with Crippen molar-refractivity contribution >= 4 is 7.82 Å². The van der Waals surface area contributed by atoms with Crippen LogP contribution < -0.4 is 0 Å². The fourth-order valence-corrected chi connectivity index (χ4v) is 4.81. The summed E-state index contributed by atoms with van der Waals surface area (Å²) in [5.74, 6) is 0. The molecule has 0 rings (SSSR count). The monoisotopic (exact) mass is 662 g/mol. The van der Waals surface area contributed by atoms with E-state index in [-0.39, 0.29) is 38.7 Å². The molecular weight excluding hydrogens is 599 g/mol. The van der Waals surface area contributed by atoms with Crippen LogP contribution in [0.1, 0.15) is 78.6 Å². The topological polar surface area (TPSA) is 128 Å². The van der Waals surface area contributed by atoms with E-state index in [0.29, 0.717) is 98.0 Å². The van der Waals surface area contributed by atoms with Gasteiger partial charge in [-0.3, -0.25) is 13.6 Å². The molecule has 0 fully saturated rings. The first-order chi connectivity index (χ1) is 21.5. The van der Waals surface area contributed by atoms with Gasteiger partial charge in [-0.15, -0.1) is 0 Å². The third kappa shape index (κ3) is 26.9. The summed E-state index contributed by atoms with van der Waals surface area (Å²) in [6.07, 6.45) is 5.38. The Bertz CT molecular complexity index is 551. The van der Waals surface area contributed by atoms with Crippen molar-refractivity contribution in [3.8, 4) is 0 Å². The van der Waals surface area contributed by atoms with Crippen LogP contribution in [-0.2, 0) is 60.8 Å². The molecule has 0 saturated heterocycles. The van der Waals surface area contributed by atoms with Gasteiger partial charge in [-0.1, -0.05) is 20.8 Å². The Morgan fingerprint density at radius 3 is 0.977 bits per heavy atom. The summed E-state index contributed by atoms with van der Waals surface area (Å²) < 4.78 is 79.5. The molecule has 44 heavy (non-hydrogen) atoms. The second kappa shape index (κ2) is 32.7. The van der Waals surface area contributed by atoms with Crippen molar-refractivity contribution in [3.63, 3.8) is 0 Å². The van der Waals surface area contributed by atoms with Gasteiger partial charge in [-0.25, -0.2) is 4.57 Å². The number of methoxy groups -OCH3 is 3. The van der Waals surface area contributed by atoms with E-state index in [2.05, 4.69) is 0 Å². The molecule has 0 aliphatic heterocycles. The molecule has 0 bridgehead atoms. The average Bonchev–Trinajstić information content (AvgIpc) is 3.04. The summed E-state index contributed by atoms with van der Waals surface area (Å²) in [6, 6.07) is 0. The molecule has 0 saturated carbocycles. The van der Waals surface area contributed by atoms with E-state index in [1.165, 1.54) is 0 Å². The Morgan fingerprint density at radius 1 is 0.432 bits per heavy atom. The molecule has 14 heteroatoms. The number of phosphoric ester groups is 1. The van der Waals surface area contributed by atoms with E-state index in [4.69, 9.17) is 56.2 Å². The maximum Gasteiger partial charge on any atom is 0.474 e. The number of hydrogen-bond acceptors (Lipinski definition) is 13. The molecule has 0 N–H and O–H groups in total. The Balaban J connectivity index is 4.41. The van der Waals surface area contributed by atoms with Crippen molar-refractivity contribution < 1.29 is 60.8 Å². The largest absolute Gasteiger partial charge is 0.474 e.